The van der Waals surface area contributed by atoms with E-state index in [9.17, 15) is 13.2 Å². The largest absolute Gasteiger partial charge is 0.487 e. The quantitative estimate of drug-likeness (QED) is 0.205. The van der Waals surface area contributed by atoms with Gasteiger partial charge in [-0.25, -0.2) is 0 Å². The van der Waals surface area contributed by atoms with Crippen LogP contribution in [0.2, 0.25) is 0 Å². The van der Waals surface area contributed by atoms with E-state index in [4.69, 9.17) is 25.0 Å². The molecule has 0 atom stereocenters. The second-order valence-corrected chi connectivity index (χ2v) is 7.19. The third-order valence-electron chi connectivity index (χ3n) is 4.57. The Bertz CT molecular complexity index is 1130. The van der Waals surface area contributed by atoms with Crippen LogP contribution in [0.4, 0.5) is 13.2 Å². The van der Waals surface area contributed by atoms with Gasteiger partial charge in [-0.2, -0.15) is 13.2 Å². The van der Waals surface area contributed by atoms with Gasteiger partial charge in [0.15, 0.2) is 5.76 Å². The van der Waals surface area contributed by atoms with Gasteiger partial charge in [0, 0.05) is 6.08 Å². The molecule has 34 heavy (non-hydrogen) atoms. The van der Waals surface area contributed by atoms with E-state index in [-0.39, 0.29) is 36.3 Å². The Kier molecular flexibility index (Phi) is 8.45. The lowest BCUT2D eigenvalue weighted by molar-refractivity contribution is -0.138. The number of ether oxygens (including phenoxy) is 3. The van der Waals surface area contributed by atoms with Crippen molar-refractivity contribution in [3.05, 3.63) is 113 Å². The van der Waals surface area contributed by atoms with Crippen LogP contribution < -0.4 is 4.74 Å². The third-order valence-corrected chi connectivity index (χ3v) is 4.57. The Morgan fingerprint density at radius 2 is 1.26 bits per heavy atom. The van der Waals surface area contributed by atoms with Gasteiger partial charge in [0.2, 0.25) is 5.90 Å². The molecule has 5 nitrogen and oxygen atoms in total. The smallest absolute Gasteiger partial charge is 0.419 e. The van der Waals surface area contributed by atoms with Crippen molar-refractivity contribution in [2.24, 2.45) is 0 Å². The summed E-state index contributed by atoms with van der Waals surface area (Å²) in [5, 5.41) is 16.4. The van der Waals surface area contributed by atoms with Gasteiger partial charge < -0.3 is 19.6 Å². The summed E-state index contributed by atoms with van der Waals surface area (Å²) in [7, 11) is 0. The normalized spacial score (nSPS) is 11.6. The molecule has 0 unspecified atom stereocenters. The number of nitrogens with one attached hydrogen (secondary N) is 2. The Morgan fingerprint density at radius 1 is 0.735 bits per heavy atom. The van der Waals surface area contributed by atoms with E-state index < -0.39 is 18.3 Å². The van der Waals surface area contributed by atoms with Crippen molar-refractivity contribution in [3.63, 3.8) is 0 Å². The zero-order valence-corrected chi connectivity index (χ0v) is 18.1. The maximum atomic E-state index is 13.2. The molecule has 0 fully saturated rings. The molecule has 0 bridgehead atoms. The fraction of sp³-hybridized carbons (Fsp3) is 0.154. The van der Waals surface area contributed by atoms with E-state index in [2.05, 4.69) is 0 Å². The molecule has 2 N–H and O–H groups in total. The molecular weight excluding hydrogens is 445 g/mol. The molecule has 0 aromatic heterocycles. The molecule has 0 aliphatic carbocycles. The minimum atomic E-state index is -4.58. The summed E-state index contributed by atoms with van der Waals surface area (Å²) in [5.74, 6) is -0.715. The first-order valence-electron chi connectivity index (χ1n) is 10.3. The molecule has 0 aliphatic heterocycles. The van der Waals surface area contributed by atoms with Crippen molar-refractivity contribution in [3.8, 4) is 5.75 Å². The highest BCUT2D eigenvalue weighted by atomic mass is 19.4. The lowest BCUT2D eigenvalue weighted by Gasteiger charge is -2.15. The molecule has 0 saturated heterocycles. The zero-order valence-electron chi connectivity index (χ0n) is 18.1. The lowest BCUT2D eigenvalue weighted by Crippen LogP contribution is -2.16. The van der Waals surface area contributed by atoms with Crippen LogP contribution in [0.15, 0.2) is 96.8 Å². The predicted octanol–water partition coefficient (Wildman–Crippen LogP) is 6.40. The summed E-state index contributed by atoms with van der Waals surface area (Å²) in [6.07, 6.45) is -3.36. The second-order valence-electron chi connectivity index (χ2n) is 7.19. The van der Waals surface area contributed by atoms with Crippen molar-refractivity contribution in [2.45, 2.75) is 19.4 Å². The highest BCUT2D eigenvalue weighted by molar-refractivity contribution is 6.01. The van der Waals surface area contributed by atoms with Crippen LogP contribution in [0.1, 0.15) is 16.7 Å². The van der Waals surface area contributed by atoms with E-state index in [0.29, 0.717) is 0 Å². The van der Waals surface area contributed by atoms with E-state index >= 15 is 0 Å². The van der Waals surface area contributed by atoms with Gasteiger partial charge in [-0.1, -0.05) is 72.8 Å². The van der Waals surface area contributed by atoms with Gasteiger partial charge >= 0.3 is 6.18 Å². The SMILES string of the molecule is N=C(/C=C(/OCc1ccccc1)C(=N)OCc1ccccc1)COc1ccccc1C(F)(F)F. The molecule has 3 aromatic rings. The summed E-state index contributed by atoms with van der Waals surface area (Å²) in [5.41, 5.74) is 0.572. The standard InChI is InChI=1S/C26H23F3N2O3/c27-26(28,29)22-13-7-8-14-23(22)33-18-21(30)15-24(32-16-19-9-3-1-4-10-19)25(31)34-17-20-11-5-2-6-12-20/h1-15,30-31H,16-18H2/b24-15+,30-21?,31-25?. The predicted molar refractivity (Wildman–Crippen MR) is 123 cm³/mol. The highest BCUT2D eigenvalue weighted by Crippen LogP contribution is 2.35. The molecule has 0 aliphatic rings. The average molecular weight is 468 g/mol. The summed E-state index contributed by atoms with van der Waals surface area (Å²) in [4.78, 5) is 0. The maximum Gasteiger partial charge on any atom is 0.419 e. The van der Waals surface area contributed by atoms with Gasteiger partial charge in [0.25, 0.3) is 0 Å². The van der Waals surface area contributed by atoms with Gasteiger partial charge in [0.05, 0.1) is 11.3 Å². The maximum absolute atomic E-state index is 13.2. The summed E-state index contributed by atoms with van der Waals surface area (Å²) in [6.45, 7) is -0.208. The highest BCUT2D eigenvalue weighted by Gasteiger charge is 2.34. The van der Waals surface area contributed by atoms with Crippen molar-refractivity contribution in [2.75, 3.05) is 6.61 Å². The van der Waals surface area contributed by atoms with E-state index in [0.717, 1.165) is 17.2 Å². The van der Waals surface area contributed by atoms with Crippen molar-refractivity contribution < 1.29 is 27.4 Å². The van der Waals surface area contributed by atoms with Gasteiger partial charge in [-0.05, 0) is 23.3 Å². The number of benzene rings is 3. The first kappa shape index (κ1) is 24.6. The van der Waals surface area contributed by atoms with Gasteiger partial charge in [-0.15, -0.1) is 0 Å². The summed E-state index contributed by atoms with van der Waals surface area (Å²) < 4.78 is 56.0. The number of rotatable bonds is 10. The molecule has 0 heterocycles. The van der Waals surface area contributed by atoms with E-state index in [1.807, 2.05) is 60.7 Å². The third kappa shape index (κ3) is 7.51. The second kappa shape index (κ2) is 11.7. The molecule has 3 aromatic carbocycles. The van der Waals surface area contributed by atoms with Crippen LogP contribution in [0.3, 0.4) is 0 Å². The first-order chi connectivity index (χ1) is 16.3. The Labute approximate surface area is 195 Å². The fourth-order valence-corrected chi connectivity index (χ4v) is 2.89. The molecule has 0 spiro atoms. The van der Waals surface area contributed by atoms with Crippen LogP contribution in [-0.4, -0.2) is 18.2 Å². The zero-order chi connectivity index (χ0) is 24.4. The molecule has 0 saturated carbocycles. The van der Waals surface area contributed by atoms with Crippen molar-refractivity contribution in [1.29, 1.82) is 10.8 Å². The van der Waals surface area contributed by atoms with Crippen LogP contribution in [0, 0.1) is 10.8 Å². The van der Waals surface area contributed by atoms with Crippen molar-refractivity contribution in [1.82, 2.24) is 0 Å². The Balaban J connectivity index is 1.70. The topological polar surface area (TPSA) is 75.4 Å². The van der Waals surface area contributed by atoms with Crippen LogP contribution in [0.25, 0.3) is 0 Å². The van der Waals surface area contributed by atoms with E-state index in [1.165, 1.54) is 24.3 Å². The van der Waals surface area contributed by atoms with Crippen LogP contribution >= 0.6 is 0 Å². The number of hydrogen-bond donors (Lipinski definition) is 2. The fourth-order valence-electron chi connectivity index (χ4n) is 2.89. The summed E-state index contributed by atoms with van der Waals surface area (Å²) in [6, 6.07) is 23.3. The van der Waals surface area contributed by atoms with Gasteiger partial charge in [-0.3, -0.25) is 5.41 Å². The number of para-hydroxylation sites is 1. The van der Waals surface area contributed by atoms with E-state index in [1.54, 1.807) is 0 Å². The van der Waals surface area contributed by atoms with Gasteiger partial charge in [0.1, 0.15) is 25.6 Å². The number of alkyl halides is 3. The number of halogens is 3. The van der Waals surface area contributed by atoms with Crippen LogP contribution in [0.5, 0.6) is 5.75 Å². The Morgan fingerprint density at radius 3 is 1.85 bits per heavy atom. The monoisotopic (exact) mass is 468 g/mol. The Hall–Kier alpha value is -4.07. The first-order valence-corrected chi connectivity index (χ1v) is 10.3. The minimum absolute atomic E-state index is 0.0301. The molecule has 176 valence electrons. The molecule has 3 rings (SSSR count). The average Bonchev–Trinajstić information content (AvgIpc) is 2.84. The molecule has 0 radical (unpaired) electrons. The van der Waals surface area contributed by atoms with Crippen LogP contribution in [-0.2, 0) is 28.9 Å². The molecule has 0 amide bonds. The summed E-state index contributed by atoms with van der Waals surface area (Å²) >= 11 is 0. The molecule has 8 heteroatoms. The molecular formula is C26H23F3N2O3. The van der Waals surface area contributed by atoms with Crippen molar-refractivity contribution >= 4 is 11.6 Å². The minimum Gasteiger partial charge on any atom is -0.487 e. The number of hydrogen-bond acceptors (Lipinski definition) is 5. The lowest BCUT2D eigenvalue weighted by atomic mass is 10.2.